The summed E-state index contributed by atoms with van der Waals surface area (Å²) in [5.41, 5.74) is 7.56. The summed E-state index contributed by atoms with van der Waals surface area (Å²) in [5.74, 6) is 0.817. The molecule has 4 heteroatoms. The fourth-order valence-corrected chi connectivity index (χ4v) is 2.87. The van der Waals surface area contributed by atoms with E-state index in [1.165, 1.54) is 0 Å². The van der Waals surface area contributed by atoms with Crippen LogP contribution in [0.5, 0.6) is 5.75 Å². The van der Waals surface area contributed by atoms with Crippen LogP contribution < -0.4 is 15.4 Å². The lowest BCUT2D eigenvalue weighted by Crippen LogP contribution is -2.46. The maximum absolute atomic E-state index is 10.3. The molecule has 0 spiro atoms. The van der Waals surface area contributed by atoms with Crippen LogP contribution in [0.3, 0.4) is 0 Å². The van der Waals surface area contributed by atoms with Crippen LogP contribution in [0.15, 0.2) is 18.2 Å². The topological polar surface area (TPSA) is 58.7 Å². The van der Waals surface area contributed by atoms with Crippen LogP contribution in [-0.4, -0.2) is 30.9 Å². The van der Waals surface area contributed by atoms with Crippen molar-refractivity contribution in [1.29, 1.82) is 0 Å². The first kappa shape index (κ1) is 14.2. The lowest BCUT2D eigenvalue weighted by atomic mass is 9.93. The first-order chi connectivity index (χ1) is 8.94. The fourth-order valence-electron chi connectivity index (χ4n) is 2.87. The van der Waals surface area contributed by atoms with Gasteiger partial charge in [-0.3, -0.25) is 0 Å². The Bertz CT molecular complexity index is 444. The van der Waals surface area contributed by atoms with E-state index in [1.54, 1.807) is 7.11 Å². The van der Waals surface area contributed by atoms with Gasteiger partial charge in [0.2, 0.25) is 0 Å². The van der Waals surface area contributed by atoms with E-state index in [1.807, 2.05) is 26.0 Å². The molecular weight excluding hydrogens is 240 g/mol. The normalized spacial score (nSPS) is 25.2. The van der Waals surface area contributed by atoms with Gasteiger partial charge in [0.25, 0.3) is 0 Å². The van der Waals surface area contributed by atoms with Crippen molar-refractivity contribution in [1.82, 2.24) is 0 Å². The van der Waals surface area contributed by atoms with Gasteiger partial charge in [0, 0.05) is 30.4 Å². The Kier molecular flexibility index (Phi) is 4.02. The van der Waals surface area contributed by atoms with Gasteiger partial charge in [0.1, 0.15) is 5.75 Å². The zero-order valence-electron chi connectivity index (χ0n) is 12.0. The number of nitrogens with zero attached hydrogens (tertiary/aromatic N) is 1. The first-order valence-corrected chi connectivity index (χ1v) is 6.84. The summed E-state index contributed by atoms with van der Waals surface area (Å²) in [6.07, 6.45) is 1.84. The van der Waals surface area contributed by atoms with Crippen LogP contribution in [0.1, 0.15) is 38.3 Å². The number of anilines is 1. The van der Waals surface area contributed by atoms with Crippen molar-refractivity contribution < 1.29 is 9.84 Å². The van der Waals surface area contributed by atoms with Crippen LogP contribution in [0.25, 0.3) is 0 Å². The number of nitrogens with two attached hydrogens (primary N) is 1. The smallest absolute Gasteiger partial charge is 0.125 e. The molecule has 1 aromatic rings. The second kappa shape index (κ2) is 5.39. The standard InChI is InChI=1S/C15H24N2O2/c1-11(16)14-12(6-4-7-13(14)19-3)17-9-5-8-15(2,18)10-17/h4,6-7,11,18H,5,8-10,16H2,1-3H3/t11-,15?/m1/s1. The Hall–Kier alpha value is -1.26. The molecule has 0 aromatic heterocycles. The molecule has 1 aromatic carbocycles. The number of methoxy groups -OCH3 is 1. The Labute approximate surface area is 115 Å². The second-order valence-electron chi connectivity index (χ2n) is 5.70. The lowest BCUT2D eigenvalue weighted by molar-refractivity contribution is 0.0448. The van der Waals surface area contributed by atoms with Crippen molar-refractivity contribution in [2.45, 2.75) is 38.3 Å². The molecule has 1 aliphatic heterocycles. The van der Waals surface area contributed by atoms with E-state index in [0.717, 1.165) is 36.4 Å². The molecule has 1 fully saturated rings. The van der Waals surface area contributed by atoms with Gasteiger partial charge in [-0.1, -0.05) is 6.07 Å². The Balaban J connectivity index is 2.38. The highest BCUT2D eigenvalue weighted by Gasteiger charge is 2.30. The van der Waals surface area contributed by atoms with Crippen molar-refractivity contribution in [2.24, 2.45) is 5.73 Å². The molecule has 0 bridgehead atoms. The molecule has 1 unspecified atom stereocenters. The Morgan fingerprint density at radius 1 is 1.47 bits per heavy atom. The molecule has 1 heterocycles. The number of piperidine rings is 1. The van der Waals surface area contributed by atoms with Gasteiger partial charge in [-0.2, -0.15) is 0 Å². The number of rotatable bonds is 3. The number of ether oxygens (including phenoxy) is 1. The minimum atomic E-state index is -0.629. The lowest BCUT2D eigenvalue weighted by Gasteiger charge is -2.39. The van der Waals surface area contributed by atoms with E-state index in [0.29, 0.717) is 6.54 Å². The molecule has 2 atom stereocenters. The molecule has 0 radical (unpaired) electrons. The summed E-state index contributed by atoms with van der Waals surface area (Å²) < 4.78 is 5.42. The highest BCUT2D eigenvalue weighted by molar-refractivity contribution is 5.61. The van der Waals surface area contributed by atoms with Crippen molar-refractivity contribution in [2.75, 3.05) is 25.1 Å². The van der Waals surface area contributed by atoms with E-state index in [-0.39, 0.29) is 6.04 Å². The third-order valence-electron chi connectivity index (χ3n) is 3.73. The third-order valence-corrected chi connectivity index (χ3v) is 3.73. The van der Waals surface area contributed by atoms with Gasteiger partial charge in [-0.15, -0.1) is 0 Å². The highest BCUT2D eigenvalue weighted by Crippen LogP contribution is 2.36. The molecular formula is C15H24N2O2. The molecule has 1 saturated heterocycles. The van der Waals surface area contributed by atoms with Gasteiger partial charge in [0.15, 0.2) is 0 Å². The molecule has 0 amide bonds. The zero-order chi connectivity index (χ0) is 14.0. The third kappa shape index (κ3) is 3.01. The van der Waals surface area contributed by atoms with Gasteiger partial charge in [-0.05, 0) is 38.8 Å². The number of benzene rings is 1. The van der Waals surface area contributed by atoms with Crippen molar-refractivity contribution >= 4 is 5.69 Å². The monoisotopic (exact) mass is 264 g/mol. The summed E-state index contributed by atoms with van der Waals surface area (Å²) in [6, 6.07) is 5.87. The van der Waals surface area contributed by atoms with Gasteiger partial charge in [-0.25, -0.2) is 0 Å². The maximum atomic E-state index is 10.3. The first-order valence-electron chi connectivity index (χ1n) is 6.84. The summed E-state index contributed by atoms with van der Waals surface area (Å²) >= 11 is 0. The summed E-state index contributed by atoms with van der Waals surface area (Å²) in [5, 5.41) is 10.3. The Morgan fingerprint density at radius 3 is 2.79 bits per heavy atom. The quantitative estimate of drug-likeness (QED) is 0.877. The zero-order valence-corrected chi connectivity index (χ0v) is 12.0. The van der Waals surface area contributed by atoms with Crippen molar-refractivity contribution in [3.8, 4) is 5.75 Å². The molecule has 19 heavy (non-hydrogen) atoms. The van der Waals surface area contributed by atoms with Crippen molar-refractivity contribution in [3.63, 3.8) is 0 Å². The molecule has 106 valence electrons. The van der Waals surface area contributed by atoms with Gasteiger partial charge >= 0.3 is 0 Å². The number of hydrogen-bond donors (Lipinski definition) is 2. The molecule has 0 aliphatic carbocycles. The molecule has 2 rings (SSSR count). The summed E-state index contributed by atoms with van der Waals surface area (Å²) in [6.45, 7) is 5.44. The average Bonchev–Trinajstić information content (AvgIpc) is 2.36. The largest absolute Gasteiger partial charge is 0.496 e. The summed E-state index contributed by atoms with van der Waals surface area (Å²) in [4.78, 5) is 2.21. The van der Waals surface area contributed by atoms with E-state index in [9.17, 15) is 5.11 Å². The number of aliphatic hydroxyl groups is 1. The molecule has 1 aliphatic rings. The van der Waals surface area contributed by atoms with Crippen molar-refractivity contribution in [3.05, 3.63) is 23.8 Å². The van der Waals surface area contributed by atoms with E-state index >= 15 is 0 Å². The molecule has 4 nitrogen and oxygen atoms in total. The van der Waals surface area contributed by atoms with E-state index in [2.05, 4.69) is 11.0 Å². The Morgan fingerprint density at radius 2 is 2.21 bits per heavy atom. The van der Waals surface area contributed by atoms with Crippen LogP contribution >= 0.6 is 0 Å². The van der Waals surface area contributed by atoms with E-state index < -0.39 is 5.60 Å². The maximum Gasteiger partial charge on any atom is 0.125 e. The van der Waals surface area contributed by atoms with Crippen LogP contribution in [-0.2, 0) is 0 Å². The number of β-amino-alcohol motifs (C(OH)–C–C–N with tert-alkyl or cyclic N) is 1. The predicted molar refractivity (Wildman–Crippen MR) is 77.7 cm³/mol. The SMILES string of the molecule is COc1cccc(N2CCCC(C)(O)C2)c1[C@@H](C)N. The van der Waals surface area contributed by atoms with Gasteiger partial charge < -0.3 is 20.5 Å². The van der Waals surface area contributed by atoms with E-state index in [4.69, 9.17) is 10.5 Å². The summed E-state index contributed by atoms with van der Waals surface area (Å²) in [7, 11) is 1.66. The van der Waals surface area contributed by atoms with Crippen LogP contribution in [0, 0.1) is 0 Å². The minimum absolute atomic E-state index is 0.0991. The second-order valence-corrected chi connectivity index (χ2v) is 5.70. The number of hydrogen-bond acceptors (Lipinski definition) is 4. The highest BCUT2D eigenvalue weighted by atomic mass is 16.5. The molecule has 3 N–H and O–H groups in total. The van der Waals surface area contributed by atoms with Crippen LogP contribution in [0.4, 0.5) is 5.69 Å². The van der Waals surface area contributed by atoms with Crippen LogP contribution in [0.2, 0.25) is 0 Å². The van der Waals surface area contributed by atoms with Gasteiger partial charge in [0.05, 0.1) is 12.7 Å². The fraction of sp³-hybridized carbons (Fsp3) is 0.600. The average molecular weight is 264 g/mol. The predicted octanol–water partition coefficient (Wildman–Crippen LogP) is 2.07. The molecule has 0 saturated carbocycles. The minimum Gasteiger partial charge on any atom is -0.496 e.